The molecule has 0 atom stereocenters. The first-order chi connectivity index (χ1) is 12.4. The van der Waals surface area contributed by atoms with Crippen molar-refractivity contribution in [2.24, 2.45) is 0 Å². The molecule has 6 heteroatoms. The van der Waals surface area contributed by atoms with Crippen molar-refractivity contribution in [3.8, 4) is 0 Å². The summed E-state index contributed by atoms with van der Waals surface area (Å²) < 4.78 is 0.493. The van der Waals surface area contributed by atoms with E-state index in [0.717, 1.165) is 0 Å². The van der Waals surface area contributed by atoms with Crippen LogP contribution in [0.4, 0.5) is 0 Å². The zero-order valence-electron chi connectivity index (χ0n) is 13.2. The number of carbonyl (C=O) groups excluding carboxylic acids is 5. The lowest BCUT2D eigenvalue weighted by Crippen LogP contribution is -2.34. The number of carbonyl (C=O) groups is 5. The molecule has 0 bridgehead atoms. The van der Waals surface area contributed by atoms with Gasteiger partial charge in [-0.3, -0.25) is 24.0 Å². The number of hydrogen-bond donors (Lipinski definition) is 0. The zero-order valence-corrected chi connectivity index (χ0v) is 15.3. The standard InChI is InChI=1S/C20H9IO5/c21-13-7-3-6-11-15(13)19(25)20(26)16(18(11)24)12-8-14(22)9-4-1-2-5-10(9)17(12)23/h1-7H,8H2. The maximum absolute atomic E-state index is 12.9. The summed E-state index contributed by atoms with van der Waals surface area (Å²) in [6.07, 6.45) is -0.366. The van der Waals surface area contributed by atoms with Crippen molar-refractivity contribution in [1.29, 1.82) is 0 Å². The summed E-state index contributed by atoms with van der Waals surface area (Å²) in [4.78, 5) is 63.2. The van der Waals surface area contributed by atoms with Crippen molar-refractivity contribution in [3.63, 3.8) is 0 Å². The van der Waals surface area contributed by atoms with Gasteiger partial charge in [0.15, 0.2) is 17.3 Å². The highest BCUT2D eigenvalue weighted by molar-refractivity contribution is 14.1. The molecule has 2 aromatic rings. The Hall–Kier alpha value is -2.74. The van der Waals surface area contributed by atoms with Crippen molar-refractivity contribution < 1.29 is 24.0 Å². The Morgan fingerprint density at radius 1 is 0.654 bits per heavy atom. The van der Waals surface area contributed by atoms with E-state index >= 15 is 0 Å². The van der Waals surface area contributed by atoms with Crippen LogP contribution in [0.1, 0.15) is 47.9 Å². The van der Waals surface area contributed by atoms with Gasteiger partial charge >= 0.3 is 0 Å². The van der Waals surface area contributed by atoms with Gasteiger partial charge in [0.25, 0.3) is 0 Å². The van der Waals surface area contributed by atoms with Gasteiger partial charge in [-0.25, -0.2) is 0 Å². The fourth-order valence-electron chi connectivity index (χ4n) is 3.31. The third-order valence-corrected chi connectivity index (χ3v) is 5.43. The number of rotatable bonds is 0. The molecule has 126 valence electrons. The van der Waals surface area contributed by atoms with Gasteiger partial charge in [-0.2, -0.15) is 0 Å². The number of hydrogen-bond acceptors (Lipinski definition) is 5. The van der Waals surface area contributed by atoms with Crippen molar-refractivity contribution >= 4 is 51.5 Å². The highest BCUT2D eigenvalue weighted by atomic mass is 127. The van der Waals surface area contributed by atoms with Crippen LogP contribution in [0.3, 0.4) is 0 Å². The fraction of sp³-hybridized carbons (Fsp3) is 0.0500. The largest absolute Gasteiger partial charge is 0.294 e. The first-order valence-electron chi connectivity index (χ1n) is 7.74. The Labute approximate surface area is 161 Å². The van der Waals surface area contributed by atoms with Crippen LogP contribution in [0.2, 0.25) is 0 Å². The van der Waals surface area contributed by atoms with Crippen LogP contribution in [-0.4, -0.2) is 28.9 Å². The second-order valence-electron chi connectivity index (χ2n) is 5.98. The smallest absolute Gasteiger partial charge is 0.237 e. The minimum Gasteiger partial charge on any atom is -0.294 e. The molecule has 2 aromatic carbocycles. The summed E-state index contributed by atoms with van der Waals surface area (Å²) in [6, 6.07) is 10.9. The Bertz CT molecular complexity index is 1110. The number of ketones is 5. The first-order valence-corrected chi connectivity index (χ1v) is 8.82. The summed E-state index contributed by atoms with van der Waals surface area (Å²) in [5, 5.41) is 0. The first kappa shape index (κ1) is 16.7. The Morgan fingerprint density at radius 3 is 2.04 bits per heavy atom. The van der Waals surface area contributed by atoms with E-state index < -0.39 is 28.7 Å². The quantitative estimate of drug-likeness (QED) is 0.264. The number of benzene rings is 2. The van der Waals surface area contributed by atoms with Gasteiger partial charge < -0.3 is 0 Å². The predicted molar refractivity (Wildman–Crippen MR) is 99.6 cm³/mol. The molecular weight excluding hydrogens is 447 g/mol. The Balaban J connectivity index is 1.97. The lowest BCUT2D eigenvalue weighted by atomic mass is 9.77. The summed E-state index contributed by atoms with van der Waals surface area (Å²) in [6.45, 7) is 0. The SMILES string of the molecule is O=C1C(=O)c2c(I)cccc2C(=O)C1=C1CC(=O)c2ccccc2C1=O. The van der Waals surface area contributed by atoms with E-state index in [4.69, 9.17) is 0 Å². The van der Waals surface area contributed by atoms with E-state index in [2.05, 4.69) is 0 Å². The van der Waals surface area contributed by atoms with Crippen molar-refractivity contribution in [2.45, 2.75) is 6.42 Å². The predicted octanol–water partition coefficient (Wildman–Crippen LogP) is 3.01. The van der Waals surface area contributed by atoms with Gasteiger partial charge in [0.2, 0.25) is 11.6 Å². The molecule has 0 N–H and O–H groups in total. The van der Waals surface area contributed by atoms with E-state index in [1.165, 1.54) is 18.2 Å². The number of allylic oxidation sites excluding steroid dienone is 2. The summed E-state index contributed by atoms with van der Waals surface area (Å²) in [5.74, 6) is -3.45. The Morgan fingerprint density at radius 2 is 1.31 bits per heavy atom. The number of fused-ring (bicyclic) bond motifs is 2. The molecule has 0 aliphatic heterocycles. The molecule has 0 fully saturated rings. The average molecular weight is 456 g/mol. The van der Waals surface area contributed by atoms with Gasteiger partial charge in [-0.1, -0.05) is 36.4 Å². The van der Waals surface area contributed by atoms with E-state index in [1.807, 2.05) is 22.6 Å². The molecule has 2 aliphatic carbocycles. The molecule has 4 rings (SSSR count). The molecule has 0 saturated carbocycles. The van der Waals surface area contributed by atoms with Crippen LogP contribution >= 0.6 is 22.6 Å². The summed E-state index contributed by atoms with van der Waals surface area (Å²) in [7, 11) is 0. The molecule has 5 nitrogen and oxygen atoms in total. The Kier molecular flexibility index (Phi) is 3.80. The minimum atomic E-state index is -1.03. The van der Waals surface area contributed by atoms with Gasteiger partial charge in [0.1, 0.15) is 0 Å². The van der Waals surface area contributed by atoms with Crippen molar-refractivity contribution in [2.75, 3.05) is 0 Å². The van der Waals surface area contributed by atoms with Crippen LogP contribution in [0.15, 0.2) is 53.6 Å². The maximum atomic E-state index is 12.9. The monoisotopic (exact) mass is 456 g/mol. The van der Waals surface area contributed by atoms with Crippen LogP contribution in [-0.2, 0) is 4.79 Å². The van der Waals surface area contributed by atoms with Crippen molar-refractivity contribution in [3.05, 3.63) is 79.4 Å². The second-order valence-corrected chi connectivity index (χ2v) is 7.14. The normalized spacial score (nSPS) is 19.5. The average Bonchev–Trinajstić information content (AvgIpc) is 2.64. The molecular formula is C20H9IO5. The van der Waals surface area contributed by atoms with Crippen molar-refractivity contribution in [1.82, 2.24) is 0 Å². The molecule has 26 heavy (non-hydrogen) atoms. The zero-order chi connectivity index (χ0) is 18.6. The lowest BCUT2D eigenvalue weighted by Gasteiger charge is -2.22. The molecule has 0 radical (unpaired) electrons. The minimum absolute atomic E-state index is 0.0578. The van der Waals surface area contributed by atoms with E-state index in [1.54, 1.807) is 24.3 Å². The van der Waals surface area contributed by atoms with Crippen LogP contribution in [0.25, 0.3) is 0 Å². The highest BCUT2D eigenvalue weighted by Crippen LogP contribution is 2.33. The molecule has 0 saturated heterocycles. The highest BCUT2D eigenvalue weighted by Gasteiger charge is 2.42. The van der Waals surface area contributed by atoms with Crippen LogP contribution < -0.4 is 0 Å². The summed E-state index contributed by atoms with van der Waals surface area (Å²) >= 11 is 1.89. The third kappa shape index (κ3) is 2.25. The van der Waals surface area contributed by atoms with Gasteiger partial charge in [0, 0.05) is 32.3 Å². The molecule has 0 aromatic heterocycles. The fourth-order valence-corrected chi connectivity index (χ4v) is 4.05. The topological polar surface area (TPSA) is 85.3 Å². The molecule has 0 unspecified atom stereocenters. The maximum Gasteiger partial charge on any atom is 0.237 e. The molecule has 0 amide bonds. The molecule has 2 aliphatic rings. The van der Waals surface area contributed by atoms with Gasteiger partial charge in [0.05, 0.1) is 11.1 Å². The lowest BCUT2D eigenvalue weighted by molar-refractivity contribution is -0.111. The van der Waals surface area contributed by atoms with E-state index in [-0.39, 0.29) is 40.0 Å². The number of Topliss-reactive ketones (excluding diaryl/α,β-unsaturated/α-hetero) is 5. The van der Waals surface area contributed by atoms with Crippen LogP contribution in [0.5, 0.6) is 0 Å². The second kappa shape index (κ2) is 5.91. The van der Waals surface area contributed by atoms with Gasteiger partial charge in [-0.15, -0.1) is 0 Å². The summed E-state index contributed by atoms with van der Waals surface area (Å²) in [5.41, 5.74) is -0.115. The van der Waals surface area contributed by atoms with E-state index in [0.29, 0.717) is 3.57 Å². The van der Waals surface area contributed by atoms with Gasteiger partial charge in [-0.05, 0) is 28.7 Å². The molecule has 0 spiro atoms. The van der Waals surface area contributed by atoms with Crippen LogP contribution in [0, 0.1) is 3.57 Å². The number of halogens is 1. The molecule has 0 heterocycles. The van der Waals surface area contributed by atoms with E-state index in [9.17, 15) is 24.0 Å². The third-order valence-electron chi connectivity index (χ3n) is 4.53.